The van der Waals surface area contributed by atoms with Crippen molar-refractivity contribution < 1.29 is 9.84 Å². The Kier molecular flexibility index (Phi) is 5.83. The Morgan fingerprint density at radius 2 is 2.16 bits per heavy atom. The van der Waals surface area contributed by atoms with Gasteiger partial charge in [-0.3, -0.25) is 4.90 Å². The minimum atomic E-state index is -0.379. The van der Waals surface area contributed by atoms with Gasteiger partial charge in [0.1, 0.15) is 0 Å². The first-order valence-electron chi connectivity index (χ1n) is 7.33. The number of hydrogen-bond acceptors (Lipinski definition) is 3. The van der Waals surface area contributed by atoms with Crippen molar-refractivity contribution in [3.8, 4) is 0 Å². The smallest absolute Gasteiger partial charge is 0.0900 e. The SMILES string of the molecule is CCC1CCCN1CC(O)COCc1ccccc1. The van der Waals surface area contributed by atoms with E-state index in [0.29, 0.717) is 19.3 Å². The number of rotatable bonds is 7. The number of likely N-dealkylation sites (tertiary alicyclic amines) is 1. The van der Waals surface area contributed by atoms with Crippen LogP contribution in [0, 0.1) is 0 Å². The van der Waals surface area contributed by atoms with Gasteiger partial charge in [0.25, 0.3) is 0 Å². The van der Waals surface area contributed by atoms with Crippen LogP contribution in [0.25, 0.3) is 0 Å². The minimum Gasteiger partial charge on any atom is -0.389 e. The second-order valence-electron chi connectivity index (χ2n) is 5.35. The summed E-state index contributed by atoms with van der Waals surface area (Å²) in [7, 11) is 0. The summed E-state index contributed by atoms with van der Waals surface area (Å²) < 4.78 is 5.58. The zero-order valence-electron chi connectivity index (χ0n) is 11.8. The molecule has 0 amide bonds. The fourth-order valence-electron chi connectivity index (χ4n) is 2.81. The van der Waals surface area contributed by atoms with Crippen LogP contribution in [0.4, 0.5) is 0 Å². The van der Waals surface area contributed by atoms with Crippen molar-refractivity contribution in [1.82, 2.24) is 4.90 Å². The molecule has 0 aromatic heterocycles. The molecular formula is C16H25NO2. The number of aliphatic hydroxyl groups excluding tert-OH is 1. The lowest BCUT2D eigenvalue weighted by Crippen LogP contribution is -2.37. The molecule has 2 atom stereocenters. The maximum atomic E-state index is 10.0. The van der Waals surface area contributed by atoms with Gasteiger partial charge in [-0.2, -0.15) is 0 Å². The molecule has 0 spiro atoms. The summed E-state index contributed by atoms with van der Waals surface area (Å²) in [6.45, 7) is 5.08. The van der Waals surface area contributed by atoms with Gasteiger partial charge in [-0.25, -0.2) is 0 Å². The summed E-state index contributed by atoms with van der Waals surface area (Å²) in [5, 5.41) is 10.0. The van der Waals surface area contributed by atoms with Crippen molar-refractivity contribution in [3.05, 3.63) is 35.9 Å². The molecule has 0 saturated carbocycles. The van der Waals surface area contributed by atoms with Gasteiger partial charge >= 0.3 is 0 Å². The monoisotopic (exact) mass is 263 g/mol. The maximum Gasteiger partial charge on any atom is 0.0900 e. The predicted molar refractivity (Wildman–Crippen MR) is 77.0 cm³/mol. The van der Waals surface area contributed by atoms with Gasteiger partial charge in [0.15, 0.2) is 0 Å². The summed E-state index contributed by atoms with van der Waals surface area (Å²) in [6.07, 6.45) is 3.33. The maximum absolute atomic E-state index is 10.0. The number of benzene rings is 1. The molecule has 0 aliphatic carbocycles. The lowest BCUT2D eigenvalue weighted by Gasteiger charge is -2.25. The summed E-state index contributed by atoms with van der Waals surface area (Å²) in [5.74, 6) is 0. The Morgan fingerprint density at radius 1 is 1.37 bits per heavy atom. The molecular weight excluding hydrogens is 238 g/mol. The molecule has 3 heteroatoms. The van der Waals surface area contributed by atoms with Gasteiger partial charge < -0.3 is 9.84 Å². The van der Waals surface area contributed by atoms with Gasteiger partial charge in [0.2, 0.25) is 0 Å². The Labute approximate surface area is 116 Å². The molecule has 0 bridgehead atoms. The van der Waals surface area contributed by atoms with E-state index in [1.807, 2.05) is 30.3 Å². The Bertz CT molecular complexity index is 355. The van der Waals surface area contributed by atoms with Crippen molar-refractivity contribution in [1.29, 1.82) is 0 Å². The molecule has 0 radical (unpaired) electrons. The summed E-state index contributed by atoms with van der Waals surface area (Å²) in [6, 6.07) is 10.7. The van der Waals surface area contributed by atoms with Gasteiger partial charge in [-0.1, -0.05) is 37.3 Å². The predicted octanol–water partition coefficient (Wildman–Crippen LogP) is 2.44. The van der Waals surface area contributed by atoms with Crippen LogP contribution in [-0.4, -0.2) is 41.8 Å². The van der Waals surface area contributed by atoms with Crippen molar-refractivity contribution in [2.45, 2.75) is 44.9 Å². The summed E-state index contributed by atoms with van der Waals surface area (Å²) >= 11 is 0. The van der Waals surface area contributed by atoms with Gasteiger partial charge in [0, 0.05) is 12.6 Å². The van der Waals surface area contributed by atoms with Crippen molar-refractivity contribution >= 4 is 0 Å². The number of β-amino-alcohol motifs (C(OH)–C–C–N with tert-alkyl or cyclic N) is 1. The molecule has 1 aromatic rings. The second-order valence-corrected chi connectivity index (χ2v) is 5.35. The van der Waals surface area contributed by atoms with E-state index in [0.717, 1.165) is 18.7 Å². The van der Waals surface area contributed by atoms with Crippen molar-refractivity contribution in [2.75, 3.05) is 19.7 Å². The van der Waals surface area contributed by atoms with Crippen LogP contribution in [0.2, 0.25) is 0 Å². The van der Waals surface area contributed by atoms with E-state index in [-0.39, 0.29) is 6.10 Å². The highest BCUT2D eigenvalue weighted by Crippen LogP contribution is 2.19. The van der Waals surface area contributed by atoms with Crippen molar-refractivity contribution in [2.24, 2.45) is 0 Å². The van der Waals surface area contributed by atoms with Gasteiger partial charge in [-0.15, -0.1) is 0 Å². The van der Waals surface area contributed by atoms with E-state index in [2.05, 4.69) is 11.8 Å². The third-order valence-electron chi connectivity index (χ3n) is 3.84. The molecule has 106 valence electrons. The topological polar surface area (TPSA) is 32.7 Å². The third kappa shape index (κ3) is 4.60. The van der Waals surface area contributed by atoms with Gasteiger partial charge in [-0.05, 0) is 31.4 Å². The molecule has 1 aromatic carbocycles. The minimum absolute atomic E-state index is 0.379. The number of hydrogen-bond donors (Lipinski definition) is 1. The molecule has 1 heterocycles. The van der Waals surface area contributed by atoms with E-state index >= 15 is 0 Å². The van der Waals surface area contributed by atoms with E-state index in [9.17, 15) is 5.11 Å². The third-order valence-corrected chi connectivity index (χ3v) is 3.84. The Hall–Kier alpha value is -0.900. The molecule has 2 rings (SSSR count). The number of nitrogens with zero attached hydrogens (tertiary/aromatic N) is 1. The molecule has 2 unspecified atom stereocenters. The van der Waals surface area contributed by atoms with Gasteiger partial charge in [0.05, 0.1) is 19.3 Å². The van der Waals surface area contributed by atoms with Crippen LogP contribution in [-0.2, 0) is 11.3 Å². The zero-order valence-corrected chi connectivity index (χ0v) is 11.8. The molecule has 1 N–H and O–H groups in total. The zero-order chi connectivity index (χ0) is 13.5. The first-order chi connectivity index (χ1) is 9.29. The summed E-state index contributed by atoms with van der Waals surface area (Å²) in [4.78, 5) is 2.40. The first kappa shape index (κ1) is 14.5. The highest BCUT2D eigenvalue weighted by molar-refractivity contribution is 5.13. The van der Waals surface area contributed by atoms with Crippen molar-refractivity contribution in [3.63, 3.8) is 0 Å². The fourth-order valence-corrected chi connectivity index (χ4v) is 2.81. The van der Waals surface area contributed by atoms with E-state index < -0.39 is 0 Å². The Balaban J connectivity index is 1.66. The Morgan fingerprint density at radius 3 is 2.89 bits per heavy atom. The average Bonchev–Trinajstić information content (AvgIpc) is 2.87. The summed E-state index contributed by atoms with van der Waals surface area (Å²) in [5.41, 5.74) is 1.15. The number of ether oxygens (including phenoxy) is 1. The lowest BCUT2D eigenvalue weighted by atomic mass is 10.1. The van der Waals surface area contributed by atoms with Crippen LogP contribution in [0.1, 0.15) is 31.7 Å². The highest BCUT2D eigenvalue weighted by atomic mass is 16.5. The number of aliphatic hydroxyl groups is 1. The van der Waals surface area contributed by atoms with Crippen LogP contribution in [0.15, 0.2) is 30.3 Å². The van der Waals surface area contributed by atoms with E-state index in [1.54, 1.807) is 0 Å². The fraction of sp³-hybridized carbons (Fsp3) is 0.625. The molecule has 1 fully saturated rings. The first-order valence-corrected chi connectivity index (χ1v) is 7.33. The average molecular weight is 263 g/mol. The molecule has 1 aliphatic rings. The van der Waals surface area contributed by atoms with E-state index in [4.69, 9.17) is 4.74 Å². The normalized spacial score (nSPS) is 21.7. The highest BCUT2D eigenvalue weighted by Gasteiger charge is 2.24. The standard InChI is InChI=1S/C16H25NO2/c1-2-15-9-6-10-17(15)11-16(18)13-19-12-14-7-4-3-5-8-14/h3-5,7-8,15-16,18H,2,6,9-13H2,1H3. The van der Waals surface area contributed by atoms with Crippen LogP contribution >= 0.6 is 0 Å². The largest absolute Gasteiger partial charge is 0.389 e. The quantitative estimate of drug-likeness (QED) is 0.820. The molecule has 19 heavy (non-hydrogen) atoms. The van der Waals surface area contributed by atoms with Crippen LogP contribution in [0.3, 0.4) is 0 Å². The van der Waals surface area contributed by atoms with Crippen LogP contribution < -0.4 is 0 Å². The molecule has 3 nitrogen and oxygen atoms in total. The molecule has 1 aliphatic heterocycles. The second kappa shape index (κ2) is 7.63. The van der Waals surface area contributed by atoms with Crippen LogP contribution in [0.5, 0.6) is 0 Å². The lowest BCUT2D eigenvalue weighted by molar-refractivity contribution is 0.00767. The van der Waals surface area contributed by atoms with E-state index in [1.165, 1.54) is 19.3 Å². The molecule has 1 saturated heterocycles.